The zero-order valence-electron chi connectivity index (χ0n) is 15.3. The van der Waals surface area contributed by atoms with Crippen LogP contribution >= 0.6 is 0 Å². The molecule has 2 aliphatic rings. The quantitative estimate of drug-likeness (QED) is 0.625. The van der Waals surface area contributed by atoms with Crippen molar-refractivity contribution < 1.29 is 0 Å². The minimum absolute atomic E-state index is 0.805. The molecule has 0 spiro atoms. The van der Waals surface area contributed by atoms with Crippen molar-refractivity contribution in [2.24, 2.45) is 11.8 Å². The van der Waals surface area contributed by atoms with Gasteiger partial charge in [-0.15, -0.1) is 0 Å². The number of hydrogen-bond donors (Lipinski definition) is 1. The normalized spacial score (nSPS) is 26.0. The van der Waals surface area contributed by atoms with Crippen LogP contribution in [-0.2, 0) is 6.42 Å². The molecule has 1 heteroatoms. The van der Waals surface area contributed by atoms with Gasteiger partial charge in [-0.1, -0.05) is 64.4 Å². The van der Waals surface area contributed by atoms with Gasteiger partial charge in [-0.2, -0.15) is 0 Å². The Bertz CT molecular complexity index is 662. The molecule has 2 atom stereocenters. The van der Waals surface area contributed by atoms with Crippen LogP contribution in [0.15, 0.2) is 24.3 Å². The first-order valence-electron chi connectivity index (χ1n) is 10.4. The fourth-order valence-electron chi connectivity index (χ4n) is 5.43. The number of aromatic amines is 1. The van der Waals surface area contributed by atoms with Crippen LogP contribution in [0.1, 0.15) is 88.3 Å². The average Bonchev–Trinajstić information content (AvgIpc) is 3.04. The predicted octanol–water partition coefficient (Wildman–Crippen LogP) is 6.97. The van der Waals surface area contributed by atoms with Crippen LogP contribution in [0.3, 0.4) is 0 Å². The van der Waals surface area contributed by atoms with Crippen LogP contribution in [0.4, 0.5) is 0 Å². The van der Waals surface area contributed by atoms with Crippen LogP contribution in [0.2, 0.25) is 0 Å². The van der Waals surface area contributed by atoms with Crippen molar-refractivity contribution in [1.29, 1.82) is 0 Å². The number of aromatic nitrogens is 1. The van der Waals surface area contributed by atoms with Gasteiger partial charge in [-0.3, -0.25) is 0 Å². The molecule has 1 aromatic heterocycles. The lowest BCUT2D eigenvalue weighted by atomic mass is 9.69. The van der Waals surface area contributed by atoms with Gasteiger partial charge < -0.3 is 4.98 Å². The maximum absolute atomic E-state index is 3.59. The number of benzene rings is 1. The predicted molar refractivity (Wildman–Crippen MR) is 104 cm³/mol. The zero-order chi connectivity index (χ0) is 16.4. The molecule has 0 radical (unpaired) electrons. The van der Waals surface area contributed by atoms with Crippen molar-refractivity contribution in [3.8, 4) is 0 Å². The maximum Gasteiger partial charge on any atom is 0.0456 e. The molecule has 2 aromatic rings. The van der Waals surface area contributed by atoms with Crippen LogP contribution in [0.25, 0.3) is 10.9 Å². The van der Waals surface area contributed by atoms with Crippen molar-refractivity contribution >= 4 is 10.9 Å². The Labute approximate surface area is 147 Å². The summed E-state index contributed by atoms with van der Waals surface area (Å²) in [6.07, 6.45) is 15.6. The third-order valence-electron chi connectivity index (χ3n) is 6.72. The van der Waals surface area contributed by atoms with E-state index in [0.29, 0.717) is 0 Å². The SMILES string of the molecule is CCCc1cc2cc([C@@H]3CCC[C@H](C4CCCCC4)C3)ccc2[nH]1. The molecular formula is C23H33N. The number of H-pyrrole nitrogens is 1. The topological polar surface area (TPSA) is 15.8 Å². The van der Waals surface area contributed by atoms with E-state index in [0.717, 1.165) is 24.2 Å². The minimum atomic E-state index is 0.805. The summed E-state index contributed by atoms with van der Waals surface area (Å²) >= 11 is 0. The maximum atomic E-state index is 3.59. The van der Waals surface area contributed by atoms with Gasteiger partial charge in [-0.25, -0.2) is 0 Å². The second-order valence-electron chi connectivity index (χ2n) is 8.41. The Morgan fingerprint density at radius 3 is 2.58 bits per heavy atom. The van der Waals surface area contributed by atoms with E-state index in [2.05, 4.69) is 36.2 Å². The highest BCUT2D eigenvalue weighted by Crippen LogP contribution is 2.44. The Kier molecular flexibility index (Phi) is 4.96. The molecule has 0 amide bonds. The van der Waals surface area contributed by atoms with Crippen molar-refractivity contribution in [3.05, 3.63) is 35.5 Å². The number of hydrogen-bond acceptors (Lipinski definition) is 0. The molecule has 1 nitrogen and oxygen atoms in total. The zero-order valence-corrected chi connectivity index (χ0v) is 15.3. The van der Waals surface area contributed by atoms with Gasteiger partial charge in [0.25, 0.3) is 0 Å². The van der Waals surface area contributed by atoms with Gasteiger partial charge in [0, 0.05) is 11.2 Å². The Hall–Kier alpha value is -1.24. The highest BCUT2D eigenvalue weighted by Gasteiger charge is 2.30. The molecule has 0 aliphatic heterocycles. The molecule has 0 bridgehead atoms. The van der Waals surface area contributed by atoms with E-state index < -0.39 is 0 Å². The summed E-state index contributed by atoms with van der Waals surface area (Å²) in [5.41, 5.74) is 4.32. The Morgan fingerprint density at radius 2 is 1.75 bits per heavy atom. The largest absolute Gasteiger partial charge is 0.358 e. The molecule has 1 N–H and O–H groups in total. The molecule has 2 saturated carbocycles. The lowest BCUT2D eigenvalue weighted by molar-refractivity contribution is 0.183. The van der Waals surface area contributed by atoms with E-state index in [1.807, 2.05) is 0 Å². The van der Waals surface area contributed by atoms with Crippen molar-refractivity contribution in [1.82, 2.24) is 4.98 Å². The second kappa shape index (κ2) is 7.33. The van der Waals surface area contributed by atoms with Gasteiger partial charge in [0.15, 0.2) is 0 Å². The number of rotatable bonds is 4. The first-order chi connectivity index (χ1) is 11.8. The van der Waals surface area contributed by atoms with E-state index in [4.69, 9.17) is 0 Å². The van der Waals surface area contributed by atoms with Crippen LogP contribution in [-0.4, -0.2) is 4.98 Å². The smallest absolute Gasteiger partial charge is 0.0456 e. The highest BCUT2D eigenvalue weighted by atomic mass is 14.7. The number of fused-ring (bicyclic) bond motifs is 1. The number of nitrogens with one attached hydrogen (secondary N) is 1. The first kappa shape index (κ1) is 16.2. The summed E-state index contributed by atoms with van der Waals surface area (Å²) in [6, 6.07) is 9.60. The van der Waals surface area contributed by atoms with Gasteiger partial charge in [-0.05, 0) is 66.2 Å². The van der Waals surface area contributed by atoms with Gasteiger partial charge in [0.1, 0.15) is 0 Å². The third-order valence-corrected chi connectivity index (χ3v) is 6.72. The molecule has 0 saturated heterocycles. The fraction of sp³-hybridized carbons (Fsp3) is 0.652. The lowest BCUT2D eigenvalue weighted by Gasteiger charge is -2.36. The molecule has 0 unspecified atom stereocenters. The van der Waals surface area contributed by atoms with E-state index in [9.17, 15) is 0 Å². The van der Waals surface area contributed by atoms with Gasteiger partial charge >= 0.3 is 0 Å². The highest BCUT2D eigenvalue weighted by molar-refractivity contribution is 5.81. The summed E-state index contributed by atoms with van der Waals surface area (Å²) in [5, 5.41) is 1.43. The van der Waals surface area contributed by atoms with Crippen molar-refractivity contribution in [2.75, 3.05) is 0 Å². The van der Waals surface area contributed by atoms with E-state index in [-0.39, 0.29) is 0 Å². The molecule has 4 rings (SSSR count). The Morgan fingerprint density at radius 1 is 0.917 bits per heavy atom. The summed E-state index contributed by atoms with van der Waals surface area (Å²) in [7, 11) is 0. The molecule has 2 fully saturated rings. The van der Waals surface area contributed by atoms with Crippen LogP contribution in [0.5, 0.6) is 0 Å². The third kappa shape index (κ3) is 3.41. The van der Waals surface area contributed by atoms with Crippen LogP contribution < -0.4 is 0 Å². The molecule has 1 aromatic carbocycles. The summed E-state index contributed by atoms with van der Waals surface area (Å²) in [4.78, 5) is 3.59. The second-order valence-corrected chi connectivity index (χ2v) is 8.41. The standard InChI is InChI=1S/C23H33N/c1-2-7-22-16-21-15-20(12-13-23(21)24-22)19-11-6-10-18(14-19)17-8-4-3-5-9-17/h12-13,15-19,24H,2-11,14H2,1H3/t18-,19+/m0/s1. The van der Waals surface area contributed by atoms with Crippen molar-refractivity contribution in [2.45, 2.75) is 83.5 Å². The Balaban J connectivity index is 1.50. The lowest BCUT2D eigenvalue weighted by Crippen LogP contribution is -2.23. The molecule has 130 valence electrons. The van der Waals surface area contributed by atoms with Crippen molar-refractivity contribution in [3.63, 3.8) is 0 Å². The average molecular weight is 324 g/mol. The first-order valence-corrected chi connectivity index (χ1v) is 10.4. The molecular weight excluding hydrogens is 290 g/mol. The fourth-order valence-corrected chi connectivity index (χ4v) is 5.43. The summed E-state index contributed by atoms with van der Waals surface area (Å²) in [6.45, 7) is 2.25. The van der Waals surface area contributed by atoms with Crippen LogP contribution in [0, 0.1) is 11.8 Å². The monoisotopic (exact) mass is 323 g/mol. The van der Waals surface area contributed by atoms with E-state index in [1.54, 1.807) is 5.56 Å². The van der Waals surface area contributed by atoms with Gasteiger partial charge in [0.2, 0.25) is 0 Å². The van der Waals surface area contributed by atoms with E-state index in [1.165, 1.54) is 80.8 Å². The molecule has 1 heterocycles. The number of aryl methyl sites for hydroxylation is 1. The van der Waals surface area contributed by atoms with Gasteiger partial charge in [0.05, 0.1) is 0 Å². The summed E-state index contributed by atoms with van der Waals surface area (Å²) < 4.78 is 0. The molecule has 2 aliphatic carbocycles. The minimum Gasteiger partial charge on any atom is -0.358 e. The van der Waals surface area contributed by atoms with E-state index >= 15 is 0 Å². The molecule has 24 heavy (non-hydrogen) atoms. The summed E-state index contributed by atoms with van der Waals surface area (Å²) in [5.74, 6) is 2.84.